The molecule has 0 bridgehead atoms. The number of ketones is 1. The predicted octanol–water partition coefficient (Wildman–Crippen LogP) is 3.74. The van der Waals surface area contributed by atoms with Crippen molar-refractivity contribution in [3.05, 3.63) is 96.1 Å². The Balaban J connectivity index is 2.02. The maximum Gasteiger partial charge on any atom is 0.180 e. The monoisotopic (exact) mass is 290 g/mol. The molecule has 2 unspecified atom stereocenters. The molecule has 2 heteroatoms. The molecule has 0 aliphatic heterocycles. The Hall–Kier alpha value is -2.45. The molecule has 0 amide bonds. The summed E-state index contributed by atoms with van der Waals surface area (Å²) in [5.41, 5.74) is 0.743. The van der Waals surface area contributed by atoms with E-state index in [2.05, 4.69) is 0 Å². The fourth-order valence-corrected chi connectivity index (χ4v) is 2.93. The highest BCUT2D eigenvalue weighted by molar-refractivity contribution is 5.96. The summed E-state index contributed by atoms with van der Waals surface area (Å²) < 4.78 is 0. The predicted molar refractivity (Wildman–Crippen MR) is 87.4 cm³/mol. The number of allylic oxidation sites excluding steroid dienone is 4. The van der Waals surface area contributed by atoms with Crippen LogP contribution in [0.3, 0.4) is 0 Å². The first-order valence-corrected chi connectivity index (χ1v) is 7.41. The van der Waals surface area contributed by atoms with Gasteiger partial charge in [-0.25, -0.2) is 0 Å². The Morgan fingerprint density at radius 1 is 0.955 bits per heavy atom. The fraction of sp³-hybridized carbons (Fsp3) is 0.150. The quantitative estimate of drug-likeness (QED) is 0.931. The molecule has 1 aliphatic carbocycles. The van der Waals surface area contributed by atoms with Crippen LogP contribution in [0.2, 0.25) is 0 Å². The average Bonchev–Trinajstić information content (AvgIpc) is 2.62. The Bertz CT molecular complexity index is 701. The third-order valence-electron chi connectivity index (χ3n) is 4.16. The Morgan fingerprint density at radius 3 is 2.18 bits per heavy atom. The van der Waals surface area contributed by atoms with E-state index in [0.29, 0.717) is 12.0 Å². The van der Waals surface area contributed by atoms with Crippen molar-refractivity contribution in [2.75, 3.05) is 0 Å². The first-order valence-electron chi connectivity index (χ1n) is 7.41. The van der Waals surface area contributed by atoms with Crippen LogP contribution in [-0.2, 0) is 10.2 Å². The van der Waals surface area contributed by atoms with Crippen LogP contribution in [0, 0.1) is 0 Å². The lowest BCUT2D eigenvalue weighted by atomic mass is 9.70. The van der Waals surface area contributed by atoms with Gasteiger partial charge in [-0.15, -0.1) is 0 Å². The summed E-state index contributed by atoms with van der Waals surface area (Å²) in [6.07, 6.45) is 7.13. The zero-order valence-electron chi connectivity index (χ0n) is 12.2. The van der Waals surface area contributed by atoms with Gasteiger partial charge in [0.15, 0.2) is 5.78 Å². The minimum absolute atomic E-state index is 0.189. The second kappa shape index (κ2) is 6.12. The molecule has 1 N–H and O–H groups in total. The number of carbonyl (C=O) groups is 1. The van der Waals surface area contributed by atoms with Gasteiger partial charge >= 0.3 is 0 Å². The van der Waals surface area contributed by atoms with Crippen molar-refractivity contribution in [2.24, 2.45) is 0 Å². The van der Waals surface area contributed by atoms with Gasteiger partial charge in [0, 0.05) is 0 Å². The summed E-state index contributed by atoms with van der Waals surface area (Å²) in [4.78, 5) is 13.1. The topological polar surface area (TPSA) is 37.3 Å². The number of hydrogen-bond acceptors (Lipinski definition) is 2. The molecule has 0 aromatic heterocycles. The summed E-state index contributed by atoms with van der Waals surface area (Å²) in [5.74, 6) is -0.189. The van der Waals surface area contributed by atoms with E-state index in [-0.39, 0.29) is 5.78 Å². The normalized spacial score (nSPS) is 21.5. The van der Waals surface area contributed by atoms with Crippen molar-refractivity contribution >= 4 is 5.78 Å². The number of carbonyl (C=O) groups excluding carboxylic acids is 1. The highest BCUT2D eigenvalue weighted by atomic mass is 16.3. The van der Waals surface area contributed by atoms with Crippen LogP contribution in [0.1, 0.15) is 23.7 Å². The molecular formula is C20H18O2. The van der Waals surface area contributed by atoms with E-state index in [9.17, 15) is 9.90 Å². The Kier molecular flexibility index (Phi) is 4.03. The molecule has 0 saturated carbocycles. The van der Waals surface area contributed by atoms with Crippen molar-refractivity contribution in [3.63, 3.8) is 0 Å². The van der Waals surface area contributed by atoms with Crippen LogP contribution in [0.25, 0.3) is 0 Å². The minimum atomic E-state index is -1.13. The standard InChI is InChI=1S/C20H18O2/c21-18(16-10-4-1-5-11-16)19(22)20(14-8-3-9-15-20)17-12-6-2-7-13-17/h1-14,18,21H,15H2. The summed E-state index contributed by atoms with van der Waals surface area (Å²) in [6.45, 7) is 0. The maximum atomic E-state index is 13.1. The number of hydrogen-bond donors (Lipinski definition) is 1. The van der Waals surface area contributed by atoms with Crippen LogP contribution in [0.4, 0.5) is 0 Å². The molecule has 0 radical (unpaired) electrons. The molecule has 2 nitrogen and oxygen atoms in total. The van der Waals surface area contributed by atoms with Crippen LogP contribution in [-0.4, -0.2) is 10.9 Å². The SMILES string of the molecule is O=C(C(O)c1ccccc1)C1(c2ccccc2)C=CC=CC1. The summed E-state index contributed by atoms with van der Waals surface area (Å²) >= 11 is 0. The van der Waals surface area contributed by atoms with E-state index >= 15 is 0 Å². The molecule has 2 atom stereocenters. The zero-order chi connectivity index (χ0) is 15.4. The van der Waals surface area contributed by atoms with Crippen molar-refractivity contribution in [1.29, 1.82) is 0 Å². The first-order chi connectivity index (χ1) is 10.7. The van der Waals surface area contributed by atoms with Gasteiger partial charge in [0.05, 0.1) is 5.41 Å². The van der Waals surface area contributed by atoms with Gasteiger partial charge in [-0.2, -0.15) is 0 Å². The van der Waals surface area contributed by atoms with Crippen molar-refractivity contribution in [1.82, 2.24) is 0 Å². The molecule has 0 fully saturated rings. The van der Waals surface area contributed by atoms with Crippen LogP contribution >= 0.6 is 0 Å². The number of Topliss-reactive ketones (excluding diaryl/α,β-unsaturated/α-hetero) is 1. The van der Waals surface area contributed by atoms with Crippen LogP contribution < -0.4 is 0 Å². The van der Waals surface area contributed by atoms with Gasteiger partial charge in [-0.1, -0.05) is 85.0 Å². The van der Waals surface area contributed by atoms with E-state index in [4.69, 9.17) is 0 Å². The number of benzene rings is 2. The largest absolute Gasteiger partial charge is 0.381 e. The second-order valence-corrected chi connectivity index (χ2v) is 5.51. The van der Waals surface area contributed by atoms with Crippen LogP contribution in [0.15, 0.2) is 85.0 Å². The van der Waals surface area contributed by atoms with Crippen molar-refractivity contribution < 1.29 is 9.90 Å². The second-order valence-electron chi connectivity index (χ2n) is 5.51. The lowest BCUT2D eigenvalue weighted by Gasteiger charge is -2.32. The Morgan fingerprint density at radius 2 is 1.59 bits per heavy atom. The van der Waals surface area contributed by atoms with Gasteiger partial charge in [0.1, 0.15) is 6.10 Å². The molecule has 22 heavy (non-hydrogen) atoms. The average molecular weight is 290 g/mol. The highest BCUT2D eigenvalue weighted by Crippen LogP contribution is 2.37. The van der Waals surface area contributed by atoms with Crippen molar-refractivity contribution in [3.8, 4) is 0 Å². The zero-order valence-corrected chi connectivity index (χ0v) is 12.2. The van der Waals surface area contributed by atoms with Gasteiger partial charge in [-0.05, 0) is 17.5 Å². The van der Waals surface area contributed by atoms with Gasteiger partial charge in [-0.3, -0.25) is 4.79 Å². The summed E-state index contributed by atoms with van der Waals surface area (Å²) in [6, 6.07) is 18.8. The van der Waals surface area contributed by atoms with Gasteiger partial charge in [0.2, 0.25) is 0 Å². The first kappa shape index (κ1) is 14.5. The van der Waals surface area contributed by atoms with Crippen molar-refractivity contribution in [2.45, 2.75) is 17.9 Å². The fourth-order valence-electron chi connectivity index (χ4n) is 2.93. The summed E-state index contributed by atoms with van der Waals surface area (Å²) in [5, 5.41) is 10.6. The van der Waals surface area contributed by atoms with E-state index in [1.54, 1.807) is 12.1 Å². The van der Waals surface area contributed by atoms with Crippen LogP contribution in [0.5, 0.6) is 0 Å². The van der Waals surface area contributed by atoms with E-state index in [0.717, 1.165) is 5.56 Å². The number of aliphatic hydroxyl groups excluding tert-OH is 1. The van der Waals surface area contributed by atoms with E-state index in [1.165, 1.54) is 0 Å². The highest BCUT2D eigenvalue weighted by Gasteiger charge is 2.41. The minimum Gasteiger partial charge on any atom is -0.381 e. The molecule has 2 aromatic carbocycles. The third-order valence-corrected chi connectivity index (χ3v) is 4.16. The number of rotatable bonds is 4. The van der Waals surface area contributed by atoms with E-state index in [1.807, 2.05) is 72.8 Å². The lowest BCUT2D eigenvalue weighted by molar-refractivity contribution is -0.131. The molecule has 1 aliphatic rings. The van der Waals surface area contributed by atoms with Gasteiger partial charge in [0.25, 0.3) is 0 Å². The molecule has 0 saturated heterocycles. The van der Waals surface area contributed by atoms with E-state index < -0.39 is 11.5 Å². The Labute approximate surface area is 130 Å². The van der Waals surface area contributed by atoms with Gasteiger partial charge < -0.3 is 5.11 Å². The molecule has 3 rings (SSSR count). The molecule has 2 aromatic rings. The smallest absolute Gasteiger partial charge is 0.180 e. The number of aliphatic hydroxyl groups is 1. The molecule has 0 spiro atoms. The third kappa shape index (κ3) is 2.53. The molecule has 110 valence electrons. The molecule has 0 heterocycles. The summed E-state index contributed by atoms with van der Waals surface area (Å²) in [7, 11) is 0. The molecular weight excluding hydrogens is 272 g/mol. The maximum absolute atomic E-state index is 13.1. The lowest BCUT2D eigenvalue weighted by Crippen LogP contribution is -2.38.